The largest absolute Gasteiger partial charge is 0.370 e. The van der Waals surface area contributed by atoms with Crippen molar-refractivity contribution in [1.82, 2.24) is 5.32 Å². The molecule has 4 heteroatoms. The molecule has 0 aliphatic carbocycles. The van der Waals surface area contributed by atoms with Crippen LogP contribution in [0.25, 0.3) is 0 Å². The second kappa shape index (κ2) is 5.19. The van der Waals surface area contributed by atoms with Gasteiger partial charge in [0, 0.05) is 20.2 Å². The normalized spacial score (nSPS) is 13.9. The van der Waals surface area contributed by atoms with Crippen LogP contribution in [-0.4, -0.2) is 32.2 Å². The highest BCUT2D eigenvalue weighted by atomic mass is 16.5. The number of rotatable bonds is 4. The molecule has 1 atom stereocenters. The van der Waals surface area contributed by atoms with Crippen molar-refractivity contribution in [2.75, 3.05) is 20.2 Å². The van der Waals surface area contributed by atoms with E-state index in [2.05, 4.69) is 26.1 Å². The summed E-state index contributed by atoms with van der Waals surface area (Å²) in [7, 11) is 1.48. The number of nitrogens with two attached hydrogens (primary N) is 1. The van der Waals surface area contributed by atoms with Gasteiger partial charge in [-0.25, -0.2) is 0 Å². The number of methoxy groups -OCH3 is 1. The molecule has 0 aromatic rings. The third kappa shape index (κ3) is 5.60. The summed E-state index contributed by atoms with van der Waals surface area (Å²) in [5.74, 6) is -0.139. The summed E-state index contributed by atoms with van der Waals surface area (Å²) in [6.07, 6.45) is -0.526. The standard InChI is InChI=1S/C9H20N2O2/c1-9(2,3)6-11-8(12)7(5-10)13-4/h7H,5-6,10H2,1-4H3,(H,11,12). The molecule has 1 unspecified atom stereocenters. The summed E-state index contributed by atoms with van der Waals surface area (Å²) in [6, 6.07) is 0. The quantitative estimate of drug-likeness (QED) is 0.658. The molecule has 0 radical (unpaired) electrons. The van der Waals surface area contributed by atoms with E-state index in [1.165, 1.54) is 7.11 Å². The monoisotopic (exact) mass is 188 g/mol. The van der Waals surface area contributed by atoms with E-state index in [-0.39, 0.29) is 17.9 Å². The molecule has 0 aliphatic rings. The van der Waals surface area contributed by atoms with Crippen LogP contribution in [0.4, 0.5) is 0 Å². The molecule has 0 aromatic heterocycles. The summed E-state index contributed by atoms with van der Waals surface area (Å²) in [4.78, 5) is 11.3. The van der Waals surface area contributed by atoms with E-state index in [1.807, 2.05) is 0 Å². The predicted molar refractivity (Wildman–Crippen MR) is 52.3 cm³/mol. The second-order valence-electron chi connectivity index (χ2n) is 4.24. The lowest BCUT2D eigenvalue weighted by molar-refractivity contribution is -0.130. The van der Waals surface area contributed by atoms with Gasteiger partial charge in [-0.15, -0.1) is 0 Å². The van der Waals surface area contributed by atoms with E-state index < -0.39 is 6.10 Å². The van der Waals surface area contributed by atoms with Gasteiger partial charge in [0.15, 0.2) is 0 Å². The van der Waals surface area contributed by atoms with Gasteiger partial charge >= 0.3 is 0 Å². The SMILES string of the molecule is COC(CN)C(=O)NCC(C)(C)C. The van der Waals surface area contributed by atoms with Gasteiger partial charge in [-0.2, -0.15) is 0 Å². The number of carbonyl (C=O) groups is 1. The van der Waals surface area contributed by atoms with E-state index >= 15 is 0 Å². The van der Waals surface area contributed by atoms with Gasteiger partial charge in [-0.05, 0) is 5.41 Å². The lowest BCUT2D eigenvalue weighted by Crippen LogP contribution is -2.43. The molecular weight excluding hydrogens is 168 g/mol. The highest BCUT2D eigenvalue weighted by molar-refractivity contribution is 5.81. The minimum Gasteiger partial charge on any atom is -0.370 e. The summed E-state index contributed by atoms with van der Waals surface area (Å²) >= 11 is 0. The molecule has 4 nitrogen and oxygen atoms in total. The first-order chi connectivity index (χ1) is 5.90. The second-order valence-corrected chi connectivity index (χ2v) is 4.24. The molecule has 0 heterocycles. The highest BCUT2D eigenvalue weighted by Gasteiger charge is 2.18. The third-order valence-electron chi connectivity index (χ3n) is 1.58. The Morgan fingerprint density at radius 1 is 1.54 bits per heavy atom. The Labute approximate surface area is 79.8 Å². The van der Waals surface area contributed by atoms with Crippen molar-refractivity contribution in [3.63, 3.8) is 0 Å². The van der Waals surface area contributed by atoms with Crippen LogP contribution < -0.4 is 11.1 Å². The van der Waals surface area contributed by atoms with Crippen molar-refractivity contribution >= 4 is 5.91 Å². The van der Waals surface area contributed by atoms with Gasteiger partial charge in [0.1, 0.15) is 6.10 Å². The number of carbonyl (C=O) groups excluding carboxylic acids is 1. The van der Waals surface area contributed by atoms with E-state index in [0.717, 1.165) is 0 Å². The first-order valence-electron chi connectivity index (χ1n) is 4.41. The first kappa shape index (κ1) is 12.4. The van der Waals surface area contributed by atoms with Crippen molar-refractivity contribution in [3.8, 4) is 0 Å². The van der Waals surface area contributed by atoms with Crippen LogP contribution in [0.15, 0.2) is 0 Å². The molecule has 0 aromatic carbocycles. The average molecular weight is 188 g/mol. The Morgan fingerprint density at radius 3 is 2.38 bits per heavy atom. The van der Waals surface area contributed by atoms with Gasteiger partial charge in [0.05, 0.1) is 0 Å². The van der Waals surface area contributed by atoms with Crippen LogP contribution in [0.5, 0.6) is 0 Å². The molecule has 13 heavy (non-hydrogen) atoms. The smallest absolute Gasteiger partial charge is 0.250 e. The van der Waals surface area contributed by atoms with Crippen LogP contribution in [0.1, 0.15) is 20.8 Å². The fourth-order valence-corrected chi connectivity index (χ4v) is 0.776. The van der Waals surface area contributed by atoms with Gasteiger partial charge < -0.3 is 15.8 Å². The van der Waals surface area contributed by atoms with Crippen LogP contribution in [0.2, 0.25) is 0 Å². The first-order valence-corrected chi connectivity index (χ1v) is 4.41. The minimum absolute atomic E-state index is 0.0859. The zero-order valence-corrected chi connectivity index (χ0v) is 8.89. The average Bonchev–Trinajstić information content (AvgIpc) is 2.02. The lowest BCUT2D eigenvalue weighted by Gasteiger charge is -2.20. The molecule has 1 amide bonds. The third-order valence-corrected chi connectivity index (χ3v) is 1.58. The van der Waals surface area contributed by atoms with Crippen molar-refractivity contribution < 1.29 is 9.53 Å². The van der Waals surface area contributed by atoms with Crippen molar-refractivity contribution in [1.29, 1.82) is 0 Å². The molecule has 78 valence electrons. The Bertz CT molecular complexity index is 159. The van der Waals surface area contributed by atoms with E-state index in [9.17, 15) is 4.79 Å². The maximum atomic E-state index is 11.3. The van der Waals surface area contributed by atoms with E-state index in [1.54, 1.807) is 0 Å². The maximum Gasteiger partial charge on any atom is 0.250 e. The van der Waals surface area contributed by atoms with Crippen LogP contribution >= 0.6 is 0 Å². The van der Waals surface area contributed by atoms with Crippen molar-refractivity contribution in [3.05, 3.63) is 0 Å². The summed E-state index contributed by atoms with van der Waals surface area (Å²) in [5, 5.41) is 2.78. The number of ether oxygens (including phenoxy) is 1. The molecular formula is C9H20N2O2. The summed E-state index contributed by atoms with van der Waals surface area (Å²) in [5.41, 5.74) is 5.42. The molecule has 0 saturated heterocycles. The Kier molecular flexibility index (Phi) is 4.95. The predicted octanol–water partition coefficient (Wildman–Crippen LogP) is 0.122. The lowest BCUT2D eigenvalue weighted by atomic mass is 9.97. The molecule has 0 saturated carbocycles. The maximum absolute atomic E-state index is 11.3. The van der Waals surface area contributed by atoms with Gasteiger partial charge in [-0.1, -0.05) is 20.8 Å². The molecule has 0 spiro atoms. The Morgan fingerprint density at radius 2 is 2.08 bits per heavy atom. The topological polar surface area (TPSA) is 64.3 Å². The summed E-state index contributed by atoms with van der Waals surface area (Å²) in [6.45, 7) is 7.00. The van der Waals surface area contributed by atoms with Gasteiger partial charge in [0.2, 0.25) is 5.91 Å². The van der Waals surface area contributed by atoms with E-state index in [0.29, 0.717) is 6.54 Å². The molecule has 0 rings (SSSR count). The van der Waals surface area contributed by atoms with Crippen molar-refractivity contribution in [2.45, 2.75) is 26.9 Å². The Balaban J connectivity index is 3.86. The zero-order chi connectivity index (χ0) is 10.5. The van der Waals surface area contributed by atoms with E-state index in [4.69, 9.17) is 10.5 Å². The van der Waals surface area contributed by atoms with Gasteiger partial charge in [0.25, 0.3) is 0 Å². The highest BCUT2D eigenvalue weighted by Crippen LogP contribution is 2.10. The zero-order valence-electron chi connectivity index (χ0n) is 8.89. The molecule has 0 fully saturated rings. The number of hydrogen-bond acceptors (Lipinski definition) is 3. The summed E-state index contributed by atoms with van der Waals surface area (Å²) < 4.78 is 4.89. The van der Waals surface area contributed by atoms with Crippen molar-refractivity contribution in [2.24, 2.45) is 11.1 Å². The van der Waals surface area contributed by atoms with Crippen LogP contribution in [0.3, 0.4) is 0 Å². The fourth-order valence-electron chi connectivity index (χ4n) is 0.776. The number of hydrogen-bond donors (Lipinski definition) is 2. The number of amides is 1. The fraction of sp³-hybridized carbons (Fsp3) is 0.889. The molecule has 0 aliphatic heterocycles. The van der Waals surface area contributed by atoms with Crippen LogP contribution in [-0.2, 0) is 9.53 Å². The Hall–Kier alpha value is -0.610. The molecule has 0 bridgehead atoms. The molecule has 3 N–H and O–H groups in total. The minimum atomic E-state index is -0.526. The van der Waals surface area contributed by atoms with Crippen LogP contribution in [0, 0.1) is 5.41 Å². The number of nitrogens with one attached hydrogen (secondary N) is 1. The van der Waals surface area contributed by atoms with Gasteiger partial charge in [-0.3, -0.25) is 4.79 Å².